The van der Waals surface area contributed by atoms with Gasteiger partial charge in [0.1, 0.15) is 6.61 Å². The van der Waals surface area contributed by atoms with E-state index < -0.39 is 0 Å². The zero-order valence-corrected chi connectivity index (χ0v) is 11.2. The zero-order chi connectivity index (χ0) is 12.5. The Morgan fingerprint density at radius 2 is 1.88 bits per heavy atom. The minimum absolute atomic E-state index is 0.246. The first-order chi connectivity index (χ1) is 8.26. The molecule has 0 radical (unpaired) electrons. The number of alkyl carbamates (subject to hydrolysis) is 1. The Labute approximate surface area is 105 Å². The maximum absolute atomic E-state index is 11.5. The van der Waals surface area contributed by atoms with E-state index in [1.165, 1.54) is 19.3 Å². The average molecular weight is 242 g/mol. The molecule has 0 heterocycles. The molecule has 0 spiro atoms. The molecule has 0 saturated heterocycles. The fourth-order valence-corrected chi connectivity index (χ4v) is 2.26. The largest absolute Gasteiger partial charge is 0.448 e. The molecule has 0 aromatic carbocycles. The molecule has 0 aromatic rings. The van der Waals surface area contributed by atoms with Crippen molar-refractivity contribution in [1.29, 1.82) is 0 Å². The van der Waals surface area contributed by atoms with Gasteiger partial charge in [0.05, 0.1) is 0 Å². The third kappa shape index (κ3) is 5.91. The topological polar surface area (TPSA) is 41.6 Å². The van der Waals surface area contributed by atoms with Crippen molar-refractivity contribution in [2.45, 2.75) is 52.0 Å². The molecule has 1 aliphatic carbocycles. The van der Waals surface area contributed by atoms with Gasteiger partial charge in [-0.2, -0.15) is 0 Å². The number of rotatable bonds is 6. The van der Waals surface area contributed by atoms with Gasteiger partial charge in [-0.05, 0) is 25.9 Å². The zero-order valence-electron chi connectivity index (χ0n) is 11.2. The quantitative estimate of drug-likeness (QED) is 0.777. The number of hydrogen-bond donors (Lipinski definition) is 1. The van der Waals surface area contributed by atoms with Crippen LogP contribution in [0.15, 0.2) is 0 Å². The molecule has 0 atom stereocenters. The number of amides is 1. The summed E-state index contributed by atoms with van der Waals surface area (Å²) >= 11 is 0. The van der Waals surface area contributed by atoms with Gasteiger partial charge in [-0.25, -0.2) is 4.79 Å². The molecular weight excluding hydrogens is 216 g/mol. The molecule has 0 bridgehead atoms. The second-order valence-electron chi connectivity index (χ2n) is 4.64. The molecule has 1 rings (SSSR count). The van der Waals surface area contributed by atoms with Gasteiger partial charge in [-0.15, -0.1) is 0 Å². The van der Waals surface area contributed by atoms with Gasteiger partial charge < -0.3 is 15.0 Å². The third-order valence-electron chi connectivity index (χ3n) is 3.46. The number of carbonyl (C=O) groups excluding carboxylic acids is 1. The number of ether oxygens (including phenoxy) is 1. The van der Waals surface area contributed by atoms with E-state index in [9.17, 15) is 4.79 Å². The molecule has 4 nitrogen and oxygen atoms in total. The van der Waals surface area contributed by atoms with Gasteiger partial charge in [0.2, 0.25) is 0 Å². The van der Waals surface area contributed by atoms with Crippen molar-refractivity contribution in [3.05, 3.63) is 0 Å². The number of likely N-dealkylation sites (N-methyl/N-ethyl adjacent to an activating group) is 1. The highest BCUT2D eigenvalue weighted by Gasteiger charge is 2.16. The Balaban J connectivity index is 2.07. The van der Waals surface area contributed by atoms with E-state index in [4.69, 9.17) is 4.74 Å². The van der Waals surface area contributed by atoms with E-state index in [0.29, 0.717) is 12.6 Å². The van der Waals surface area contributed by atoms with Crippen LogP contribution in [0, 0.1) is 0 Å². The standard InChI is InChI=1S/C13H26N2O2/c1-3-15(4-2)10-11-17-13(16)14-12-8-6-5-7-9-12/h12H,3-11H2,1-2H3,(H,14,16). The molecule has 0 aromatic heterocycles. The molecule has 4 heteroatoms. The maximum Gasteiger partial charge on any atom is 0.407 e. The molecule has 100 valence electrons. The predicted octanol–water partition coefficient (Wildman–Crippen LogP) is 2.39. The molecule has 0 aliphatic heterocycles. The lowest BCUT2D eigenvalue weighted by atomic mass is 9.96. The highest BCUT2D eigenvalue weighted by atomic mass is 16.5. The van der Waals surface area contributed by atoms with E-state index in [2.05, 4.69) is 24.1 Å². The normalized spacial score (nSPS) is 17.1. The first-order valence-corrected chi connectivity index (χ1v) is 6.91. The number of carbonyl (C=O) groups is 1. The molecule has 1 N–H and O–H groups in total. The molecule has 1 fully saturated rings. The van der Waals surface area contributed by atoms with E-state index in [1.807, 2.05) is 0 Å². The van der Waals surface area contributed by atoms with Gasteiger partial charge in [-0.1, -0.05) is 33.1 Å². The third-order valence-corrected chi connectivity index (χ3v) is 3.46. The summed E-state index contributed by atoms with van der Waals surface area (Å²) < 4.78 is 5.19. The van der Waals surface area contributed by atoms with Crippen molar-refractivity contribution < 1.29 is 9.53 Å². The fourth-order valence-electron chi connectivity index (χ4n) is 2.26. The lowest BCUT2D eigenvalue weighted by Gasteiger charge is -2.23. The summed E-state index contributed by atoms with van der Waals surface area (Å²) in [7, 11) is 0. The van der Waals surface area contributed by atoms with Crippen molar-refractivity contribution in [3.8, 4) is 0 Å². The van der Waals surface area contributed by atoms with E-state index in [-0.39, 0.29) is 6.09 Å². The Bertz CT molecular complexity index is 211. The van der Waals surface area contributed by atoms with Gasteiger partial charge in [-0.3, -0.25) is 0 Å². The predicted molar refractivity (Wildman–Crippen MR) is 69.1 cm³/mol. The average Bonchev–Trinajstić information content (AvgIpc) is 2.36. The lowest BCUT2D eigenvalue weighted by molar-refractivity contribution is 0.124. The van der Waals surface area contributed by atoms with Crippen LogP contribution in [0.2, 0.25) is 0 Å². The molecule has 17 heavy (non-hydrogen) atoms. The van der Waals surface area contributed by atoms with Crippen LogP contribution >= 0.6 is 0 Å². The van der Waals surface area contributed by atoms with Gasteiger partial charge >= 0.3 is 6.09 Å². The molecule has 1 aliphatic rings. The Kier molecular flexibility index (Phi) is 7.01. The van der Waals surface area contributed by atoms with Crippen LogP contribution in [0.3, 0.4) is 0 Å². The number of nitrogens with one attached hydrogen (secondary N) is 1. The number of nitrogens with zero attached hydrogens (tertiary/aromatic N) is 1. The van der Waals surface area contributed by atoms with Crippen molar-refractivity contribution in [2.75, 3.05) is 26.2 Å². The summed E-state index contributed by atoms with van der Waals surface area (Å²) in [5, 5.41) is 2.95. The Morgan fingerprint density at radius 1 is 1.24 bits per heavy atom. The van der Waals surface area contributed by atoms with Crippen LogP contribution in [0.1, 0.15) is 46.0 Å². The Morgan fingerprint density at radius 3 is 2.47 bits per heavy atom. The molecular formula is C13H26N2O2. The fraction of sp³-hybridized carbons (Fsp3) is 0.923. The van der Waals surface area contributed by atoms with Crippen LogP contribution in [0.4, 0.5) is 4.79 Å². The van der Waals surface area contributed by atoms with E-state index in [0.717, 1.165) is 32.5 Å². The number of hydrogen-bond acceptors (Lipinski definition) is 3. The Hall–Kier alpha value is -0.770. The van der Waals surface area contributed by atoms with Gasteiger partial charge in [0.25, 0.3) is 0 Å². The highest BCUT2D eigenvalue weighted by molar-refractivity contribution is 5.67. The molecule has 1 amide bonds. The van der Waals surface area contributed by atoms with Gasteiger partial charge in [0, 0.05) is 12.6 Å². The summed E-state index contributed by atoms with van der Waals surface area (Å²) in [6.07, 6.45) is 5.71. The molecule has 1 saturated carbocycles. The smallest absolute Gasteiger partial charge is 0.407 e. The van der Waals surface area contributed by atoms with E-state index in [1.54, 1.807) is 0 Å². The van der Waals surface area contributed by atoms with Crippen molar-refractivity contribution in [3.63, 3.8) is 0 Å². The van der Waals surface area contributed by atoms with Crippen molar-refractivity contribution >= 4 is 6.09 Å². The summed E-state index contributed by atoms with van der Waals surface area (Å²) in [5.41, 5.74) is 0. The second-order valence-corrected chi connectivity index (χ2v) is 4.64. The van der Waals surface area contributed by atoms with Crippen LogP contribution in [0.25, 0.3) is 0 Å². The SMILES string of the molecule is CCN(CC)CCOC(=O)NC1CCCCC1. The van der Waals surface area contributed by atoms with Crippen LogP contribution < -0.4 is 5.32 Å². The first-order valence-electron chi connectivity index (χ1n) is 6.91. The van der Waals surface area contributed by atoms with Gasteiger partial charge in [0.15, 0.2) is 0 Å². The molecule has 0 unspecified atom stereocenters. The second kappa shape index (κ2) is 8.34. The first kappa shape index (κ1) is 14.3. The monoisotopic (exact) mass is 242 g/mol. The van der Waals surface area contributed by atoms with Crippen molar-refractivity contribution in [1.82, 2.24) is 10.2 Å². The van der Waals surface area contributed by atoms with Crippen LogP contribution in [0.5, 0.6) is 0 Å². The summed E-state index contributed by atoms with van der Waals surface area (Å²) in [4.78, 5) is 13.8. The minimum Gasteiger partial charge on any atom is -0.448 e. The maximum atomic E-state index is 11.5. The van der Waals surface area contributed by atoms with Crippen LogP contribution in [-0.4, -0.2) is 43.3 Å². The summed E-state index contributed by atoms with van der Waals surface area (Å²) in [6.45, 7) is 7.55. The lowest BCUT2D eigenvalue weighted by Crippen LogP contribution is -2.38. The summed E-state index contributed by atoms with van der Waals surface area (Å²) in [6, 6.07) is 0.338. The summed E-state index contributed by atoms with van der Waals surface area (Å²) in [5.74, 6) is 0. The van der Waals surface area contributed by atoms with Crippen LogP contribution in [-0.2, 0) is 4.74 Å². The van der Waals surface area contributed by atoms with E-state index >= 15 is 0 Å². The highest BCUT2D eigenvalue weighted by Crippen LogP contribution is 2.17. The van der Waals surface area contributed by atoms with Crippen molar-refractivity contribution in [2.24, 2.45) is 0 Å². The minimum atomic E-state index is -0.246.